The zero-order chi connectivity index (χ0) is 19.6. The number of anilines is 1. The van der Waals surface area contributed by atoms with E-state index in [1.807, 2.05) is 0 Å². The second-order valence-corrected chi connectivity index (χ2v) is 9.82. The normalized spacial score (nSPS) is 33.7. The predicted octanol–water partition coefficient (Wildman–Crippen LogP) is 4.77. The molecule has 4 atom stereocenters. The molecule has 2 saturated carbocycles. The van der Waals surface area contributed by atoms with Gasteiger partial charge in [-0.2, -0.15) is 13.2 Å². The Labute approximate surface area is 156 Å². The summed E-state index contributed by atoms with van der Waals surface area (Å²) in [6.45, 7) is 10.9. The molecule has 0 amide bonds. The second-order valence-electron chi connectivity index (χ2n) is 7.67. The Balaban J connectivity index is 1.83. The first kappa shape index (κ1) is 18.4. The van der Waals surface area contributed by atoms with Gasteiger partial charge in [-0.05, 0) is 49.7 Å². The lowest BCUT2D eigenvalue weighted by atomic mass is 9.76. The summed E-state index contributed by atoms with van der Waals surface area (Å²) in [6.07, 6.45) is -0.0837. The monoisotopic (exact) mass is 396 g/mol. The molecule has 0 spiro atoms. The summed E-state index contributed by atoms with van der Waals surface area (Å²) in [4.78, 5) is 2.92. The van der Waals surface area contributed by atoms with Gasteiger partial charge in [-0.3, -0.25) is 4.31 Å². The molecule has 0 unspecified atom stereocenters. The summed E-state index contributed by atoms with van der Waals surface area (Å²) in [5.74, 6) is 0.235. The molecule has 1 saturated heterocycles. The van der Waals surface area contributed by atoms with Crippen molar-refractivity contribution in [2.45, 2.75) is 36.6 Å². The van der Waals surface area contributed by atoms with E-state index in [2.05, 4.69) is 11.4 Å². The van der Waals surface area contributed by atoms with Crippen LogP contribution < -0.4 is 4.31 Å². The molecule has 144 valence electrons. The molecule has 4 nitrogen and oxygen atoms in total. The maximum absolute atomic E-state index is 13.5. The van der Waals surface area contributed by atoms with Crippen molar-refractivity contribution in [3.63, 3.8) is 0 Å². The molecule has 2 bridgehead atoms. The van der Waals surface area contributed by atoms with Crippen LogP contribution in [0.2, 0.25) is 0 Å². The molecule has 1 aromatic rings. The number of benzene rings is 1. The lowest BCUT2D eigenvalue weighted by molar-refractivity contribution is -0.136. The van der Waals surface area contributed by atoms with Crippen LogP contribution in [-0.2, 0) is 16.2 Å². The van der Waals surface area contributed by atoms with Crippen molar-refractivity contribution in [2.75, 3.05) is 10.8 Å². The average Bonchev–Trinajstić information content (AvgIpc) is 3.25. The van der Waals surface area contributed by atoms with Crippen molar-refractivity contribution in [3.8, 4) is 0 Å². The van der Waals surface area contributed by atoms with Crippen LogP contribution in [0, 0.1) is 24.3 Å². The van der Waals surface area contributed by atoms with Crippen molar-refractivity contribution in [1.82, 2.24) is 0 Å². The van der Waals surface area contributed by atoms with Gasteiger partial charge >= 0.3 is 6.18 Å². The molecule has 3 aliphatic rings. The Morgan fingerprint density at radius 3 is 2.74 bits per heavy atom. The Hall–Kier alpha value is -2.01. The zero-order valence-electron chi connectivity index (χ0n) is 14.5. The van der Waals surface area contributed by atoms with Gasteiger partial charge < -0.3 is 0 Å². The van der Waals surface area contributed by atoms with Crippen LogP contribution in [0.4, 0.5) is 24.5 Å². The molecule has 3 fully saturated rings. The highest BCUT2D eigenvalue weighted by atomic mass is 32.2. The van der Waals surface area contributed by atoms with Crippen molar-refractivity contribution in [3.05, 3.63) is 47.8 Å². The van der Waals surface area contributed by atoms with Gasteiger partial charge in [-0.15, -0.1) is 6.58 Å². The summed E-state index contributed by atoms with van der Waals surface area (Å²) in [5, 5.41) is 0. The van der Waals surface area contributed by atoms with E-state index in [1.165, 1.54) is 6.07 Å². The first-order chi connectivity index (χ1) is 12.7. The number of allylic oxidation sites excluding steroid dienone is 1. The van der Waals surface area contributed by atoms with E-state index in [0.717, 1.165) is 35.7 Å². The van der Waals surface area contributed by atoms with E-state index >= 15 is 0 Å². The quantitative estimate of drug-likeness (QED) is 0.546. The van der Waals surface area contributed by atoms with Gasteiger partial charge in [-0.1, -0.05) is 12.1 Å². The van der Waals surface area contributed by atoms with Crippen LogP contribution >= 0.6 is 0 Å². The van der Waals surface area contributed by atoms with Crippen LogP contribution in [0.1, 0.15) is 31.2 Å². The molecule has 0 aromatic heterocycles. The summed E-state index contributed by atoms with van der Waals surface area (Å²) in [5.41, 5.74) is -1.63. The molecule has 0 N–H and O–H groups in total. The second kappa shape index (κ2) is 5.74. The Bertz CT molecular complexity index is 951. The topological polar surface area (TPSA) is 41.7 Å². The molecule has 8 heteroatoms. The number of fused-ring (bicyclic) bond motifs is 5. The van der Waals surface area contributed by atoms with Gasteiger partial charge in [-0.25, -0.2) is 13.3 Å². The molecule has 1 aromatic carbocycles. The Morgan fingerprint density at radius 2 is 2.11 bits per heavy atom. The van der Waals surface area contributed by atoms with E-state index in [9.17, 15) is 21.6 Å². The summed E-state index contributed by atoms with van der Waals surface area (Å²) >= 11 is 0. The van der Waals surface area contributed by atoms with Crippen LogP contribution in [0.3, 0.4) is 0 Å². The third kappa shape index (κ3) is 2.30. The highest BCUT2D eigenvalue weighted by molar-refractivity contribution is 7.94. The van der Waals surface area contributed by atoms with E-state index in [1.54, 1.807) is 6.08 Å². The molecular weight excluding hydrogens is 377 g/mol. The minimum Gasteiger partial charge on any atom is -0.270 e. The number of rotatable bonds is 3. The number of sulfonamides is 1. The molecule has 4 rings (SSSR count). The van der Waals surface area contributed by atoms with Gasteiger partial charge in [0.15, 0.2) is 5.69 Å². The summed E-state index contributed by atoms with van der Waals surface area (Å²) in [6, 6.07) is 3.17. The van der Waals surface area contributed by atoms with Crippen molar-refractivity contribution in [2.24, 2.45) is 17.8 Å². The number of hydrogen-bond donors (Lipinski definition) is 0. The molecule has 1 aliphatic heterocycles. The molecule has 0 radical (unpaired) electrons. The third-order valence-corrected chi connectivity index (χ3v) is 9.35. The fraction of sp³-hybridized carbons (Fsp3) is 0.526. The number of halogens is 3. The van der Waals surface area contributed by atoms with Gasteiger partial charge in [0.05, 0.1) is 12.1 Å². The summed E-state index contributed by atoms with van der Waals surface area (Å²) < 4.78 is 67.2. The number of alkyl halides is 3. The van der Waals surface area contributed by atoms with Crippen molar-refractivity contribution in [1.29, 1.82) is 0 Å². The standard InChI is InChI=1S/C19H19F3N2O2S/c1-3-8-18-13-5-4-12(9-13)16(18)11-24(27(18,25)26)14-6-7-17(23-2)15(10-14)19(20,21)22/h3,6-7,10,12-13,16H,1,4-5,8-9,11H2/t12-,13+,16+,18-/m0/s1. The smallest absolute Gasteiger partial charge is 0.270 e. The fourth-order valence-corrected chi connectivity index (χ4v) is 8.38. The number of nitrogens with zero attached hydrogens (tertiary/aromatic N) is 2. The predicted molar refractivity (Wildman–Crippen MR) is 95.8 cm³/mol. The highest BCUT2D eigenvalue weighted by Crippen LogP contribution is 2.64. The van der Waals surface area contributed by atoms with E-state index in [4.69, 9.17) is 6.57 Å². The Morgan fingerprint density at radius 1 is 1.37 bits per heavy atom. The average molecular weight is 396 g/mol. The first-order valence-electron chi connectivity index (χ1n) is 8.88. The first-order valence-corrected chi connectivity index (χ1v) is 10.3. The van der Waals surface area contributed by atoms with Crippen LogP contribution in [0.15, 0.2) is 30.9 Å². The largest absolute Gasteiger partial charge is 0.407 e. The third-order valence-electron chi connectivity index (χ3n) is 6.65. The maximum atomic E-state index is 13.5. The highest BCUT2D eigenvalue weighted by Gasteiger charge is 2.69. The molecule has 1 heterocycles. The number of hydrogen-bond acceptors (Lipinski definition) is 2. The van der Waals surface area contributed by atoms with Crippen LogP contribution in [-0.4, -0.2) is 19.7 Å². The van der Waals surface area contributed by atoms with E-state index in [-0.39, 0.29) is 24.1 Å². The van der Waals surface area contributed by atoms with Gasteiger partial charge in [0.1, 0.15) is 4.75 Å². The molecule has 2 aliphatic carbocycles. The van der Waals surface area contributed by atoms with Crippen molar-refractivity contribution < 1.29 is 21.6 Å². The SMILES string of the molecule is [C-]#[N+]c1ccc(N2C[C@@H]3[C@H]4CC[C@H](C4)[C@]3(CC=C)S2(=O)=O)cc1C(F)(F)F. The molecule has 27 heavy (non-hydrogen) atoms. The van der Waals surface area contributed by atoms with Crippen molar-refractivity contribution >= 4 is 21.4 Å². The zero-order valence-corrected chi connectivity index (χ0v) is 15.4. The lowest BCUT2D eigenvalue weighted by Crippen LogP contribution is -2.47. The Kier molecular flexibility index (Phi) is 3.90. The van der Waals surface area contributed by atoms with Crippen LogP contribution in [0.25, 0.3) is 4.85 Å². The van der Waals surface area contributed by atoms with E-state index in [0.29, 0.717) is 12.3 Å². The lowest BCUT2D eigenvalue weighted by Gasteiger charge is -2.36. The van der Waals surface area contributed by atoms with Gasteiger partial charge in [0, 0.05) is 18.2 Å². The maximum Gasteiger partial charge on any atom is 0.407 e. The minimum atomic E-state index is -4.72. The molecular formula is C19H19F3N2O2S. The minimum absolute atomic E-state index is 0.00744. The van der Waals surface area contributed by atoms with E-state index < -0.39 is 32.2 Å². The van der Waals surface area contributed by atoms with Gasteiger partial charge in [0.25, 0.3) is 0 Å². The van der Waals surface area contributed by atoms with Crippen LogP contribution in [0.5, 0.6) is 0 Å². The fourth-order valence-electron chi connectivity index (χ4n) is 5.61. The van der Waals surface area contributed by atoms with Gasteiger partial charge in [0.2, 0.25) is 10.0 Å². The summed E-state index contributed by atoms with van der Waals surface area (Å²) in [7, 11) is -3.84.